The lowest BCUT2D eigenvalue weighted by molar-refractivity contribution is 0.416. The molecule has 2 heterocycles. The molecule has 7 heteroatoms. The molecular weight excluding hydrogens is 312 g/mol. The van der Waals surface area contributed by atoms with Crippen molar-refractivity contribution in [3.63, 3.8) is 0 Å². The summed E-state index contributed by atoms with van der Waals surface area (Å²) in [5.41, 5.74) is 7.84. The second kappa shape index (κ2) is 7.19. The minimum Gasteiger partial charge on any atom is -0.371 e. The van der Waals surface area contributed by atoms with Crippen molar-refractivity contribution in [2.75, 3.05) is 30.3 Å². The topological polar surface area (TPSA) is 82.9 Å². The fourth-order valence-corrected chi connectivity index (χ4v) is 3.11. The summed E-state index contributed by atoms with van der Waals surface area (Å²) in [4.78, 5) is 6.51. The zero-order valence-corrected chi connectivity index (χ0v) is 14.1. The van der Waals surface area contributed by atoms with Gasteiger partial charge < -0.3 is 16.0 Å². The lowest BCUT2D eigenvalue weighted by atomic mass is 10.0. The highest BCUT2D eigenvalue weighted by molar-refractivity contribution is 6.31. The number of nitrogens with zero attached hydrogens (tertiary/aromatic N) is 3. The molecule has 0 unspecified atom stereocenters. The predicted molar refractivity (Wildman–Crippen MR) is 93.9 cm³/mol. The Kier molecular flexibility index (Phi) is 5.03. The standard InChI is InChI=1S/C16H23ClN6/c1-11-2-3-13(10-14(11)17)23-8-5-12(6-9-23)19-7-4-15-20-16(18)22-21-15/h2-3,10,12,19H,4-9H2,1H3,(H3,18,20,21,22). The number of nitrogens with one attached hydrogen (secondary N) is 2. The number of hydrogen-bond acceptors (Lipinski definition) is 5. The highest BCUT2D eigenvalue weighted by atomic mass is 35.5. The molecule has 0 aliphatic carbocycles. The lowest BCUT2D eigenvalue weighted by Gasteiger charge is -2.34. The third-order valence-corrected chi connectivity index (χ3v) is 4.77. The summed E-state index contributed by atoms with van der Waals surface area (Å²) in [6.07, 6.45) is 3.08. The van der Waals surface area contributed by atoms with Gasteiger partial charge in [-0.15, -0.1) is 5.10 Å². The van der Waals surface area contributed by atoms with E-state index < -0.39 is 0 Å². The van der Waals surface area contributed by atoms with Crippen LogP contribution in [0.15, 0.2) is 18.2 Å². The highest BCUT2D eigenvalue weighted by Crippen LogP contribution is 2.25. The van der Waals surface area contributed by atoms with E-state index >= 15 is 0 Å². The van der Waals surface area contributed by atoms with Crippen molar-refractivity contribution < 1.29 is 0 Å². The molecule has 0 atom stereocenters. The van der Waals surface area contributed by atoms with Gasteiger partial charge in [0.05, 0.1) is 0 Å². The molecule has 0 saturated carbocycles. The number of piperidine rings is 1. The van der Waals surface area contributed by atoms with Crippen molar-refractivity contribution in [3.8, 4) is 0 Å². The highest BCUT2D eigenvalue weighted by Gasteiger charge is 2.19. The number of halogens is 1. The van der Waals surface area contributed by atoms with Crippen LogP contribution in [0.5, 0.6) is 0 Å². The Balaban J connectivity index is 1.43. The molecule has 4 N–H and O–H groups in total. The molecule has 1 aliphatic heterocycles. The number of H-pyrrole nitrogens is 1. The lowest BCUT2D eigenvalue weighted by Crippen LogP contribution is -2.43. The van der Waals surface area contributed by atoms with Crippen molar-refractivity contribution in [1.29, 1.82) is 0 Å². The maximum atomic E-state index is 6.23. The van der Waals surface area contributed by atoms with Gasteiger partial charge in [0.15, 0.2) is 0 Å². The number of aryl methyl sites for hydroxylation is 1. The van der Waals surface area contributed by atoms with E-state index in [0.29, 0.717) is 12.0 Å². The molecule has 6 nitrogen and oxygen atoms in total. The first-order valence-corrected chi connectivity index (χ1v) is 8.41. The second-order valence-corrected chi connectivity index (χ2v) is 6.45. The fraction of sp³-hybridized carbons (Fsp3) is 0.500. The Labute approximate surface area is 141 Å². The monoisotopic (exact) mass is 334 g/mol. The van der Waals surface area contributed by atoms with Gasteiger partial charge in [-0.25, -0.2) is 0 Å². The van der Waals surface area contributed by atoms with Crippen molar-refractivity contribution in [3.05, 3.63) is 34.6 Å². The maximum Gasteiger partial charge on any atom is 0.239 e. The molecule has 0 amide bonds. The van der Waals surface area contributed by atoms with E-state index in [0.717, 1.165) is 55.3 Å². The summed E-state index contributed by atoms with van der Waals surface area (Å²) >= 11 is 6.23. The number of benzene rings is 1. The van der Waals surface area contributed by atoms with Crippen LogP contribution in [0.2, 0.25) is 5.02 Å². The molecule has 1 aliphatic rings. The van der Waals surface area contributed by atoms with Crippen LogP contribution >= 0.6 is 11.6 Å². The van der Waals surface area contributed by atoms with Crippen LogP contribution in [0, 0.1) is 6.92 Å². The first-order valence-electron chi connectivity index (χ1n) is 8.03. The Hall–Kier alpha value is -1.79. The first-order chi connectivity index (χ1) is 11.1. The minimum atomic E-state index is 0.310. The minimum absolute atomic E-state index is 0.310. The number of anilines is 2. The summed E-state index contributed by atoms with van der Waals surface area (Å²) in [7, 11) is 0. The molecule has 0 radical (unpaired) electrons. The number of aromatic amines is 1. The Morgan fingerprint density at radius 2 is 2.17 bits per heavy atom. The van der Waals surface area contributed by atoms with E-state index in [-0.39, 0.29) is 0 Å². The van der Waals surface area contributed by atoms with Crippen molar-refractivity contribution >= 4 is 23.2 Å². The van der Waals surface area contributed by atoms with Gasteiger partial charge in [-0.05, 0) is 37.5 Å². The van der Waals surface area contributed by atoms with Crippen LogP contribution in [0.25, 0.3) is 0 Å². The van der Waals surface area contributed by atoms with E-state index in [2.05, 4.69) is 43.6 Å². The molecule has 1 aromatic carbocycles. The Bertz CT molecular complexity index is 648. The number of nitrogen functional groups attached to an aromatic ring is 1. The summed E-state index contributed by atoms with van der Waals surface area (Å²) in [5, 5.41) is 11.1. The van der Waals surface area contributed by atoms with Crippen LogP contribution in [-0.4, -0.2) is 40.9 Å². The van der Waals surface area contributed by atoms with Gasteiger partial charge in [0.25, 0.3) is 0 Å². The zero-order chi connectivity index (χ0) is 16.2. The van der Waals surface area contributed by atoms with Gasteiger partial charge in [0.1, 0.15) is 5.82 Å². The van der Waals surface area contributed by atoms with Gasteiger partial charge in [-0.3, -0.25) is 5.10 Å². The third-order valence-electron chi connectivity index (χ3n) is 4.36. The number of hydrogen-bond donors (Lipinski definition) is 3. The molecule has 1 aromatic heterocycles. The molecule has 1 saturated heterocycles. The van der Waals surface area contributed by atoms with Gasteiger partial charge in [0, 0.05) is 42.8 Å². The van der Waals surface area contributed by atoms with Crippen LogP contribution in [0.1, 0.15) is 24.2 Å². The number of aromatic nitrogens is 3. The first kappa shape index (κ1) is 16.1. The van der Waals surface area contributed by atoms with Gasteiger partial charge in [-0.2, -0.15) is 4.98 Å². The average Bonchev–Trinajstić information content (AvgIpc) is 2.96. The third kappa shape index (κ3) is 4.14. The van der Waals surface area contributed by atoms with Crippen LogP contribution in [0.4, 0.5) is 11.6 Å². The largest absolute Gasteiger partial charge is 0.371 e. The van der Waals surface area contributed by atoms with E-state index in [1.54, 1.807) is 0 Å². The summed E-state index contributed by atoms with van der Waals surface area (Å²) in [5.74, 6) is 1.15. The van der Waals surface area contributed by atoms with Crippen molar-refractivity contribution in [1.82, 2.24) is 20.5 Å². The maximum absolute atomic E-state index is 6.23. The molecule has 0 bridgehead atoms. The van der Waals surface area contributed by atoms with Gasteiger partial charge in [0.2, 0.25) is 5.95 Å². The quantitative estimate of drug-likeness (QED) is 0.780. The molecule has 124 valence electrons. The average molecular weight is 335 g/mol. The summed E-state index contributed by atoms with van der Waals surface area (Å²) in [6, 6.07) is 6.86. The number of rotatable bonds is 5. The van der Waals surface area contributed by atoms with E-state index in [1.165, 1.54) is 5.69 Å². The molecule has 3 rings (SSSR count). The normalized spacial score (nSPS) is 16.0. The SMILES string of the molecule is Cc1ccc(N2CCC(NCCc3nc(N)n[nH]3)CC2)cc1Cl. The number of nitrogens with two attached hydrogens (primary N) is 1. The van der Waals surface area contributed by atoms with Crippen molar-refractivity contribution in [2.24, 2.45) is 0 Å². The molecule has 1 fully saturated rings. The summed E-state index contributed by atoms with van der Waals surface area (Å²) in [6.45, 7) is 5.01. The zero-order valence-electron chi connectivity index (χ0n) is 13.3. The van der Waals surface area contributed by atoms with Crippen LogP contribution in [-0.2, 0) is 6.42 Å². The Morgan fingerprint density at radius 1 is 1.39 bits per heavy atom. The molecule has 23 heavy (non-hydrogen) atoms. The van der Waals surface area contributed by atoms with Gasteiger partial charge >= 0.3 is 0 Å². The van der Waals surface area contributed by atoms with E-state index in [9.17, 15) is 0 Å². The summed E-state index contributed by atoms with van der Waals surface area (Å²) < 4.78 is 0. The van der Waals surface area contributed by atoms with Crippen LogP contribution < -0.4 is 16.0 Å². The smallest absolute Gasteiger partial charge is 0.239 e. The van der Waals surface area contributed by atoms with E-state index in [4.69, 9.17) is 17.3 Å². The molecule has 2 aromatic rings. The van der Waals surface area contributed by atoms with Crippen molar-refractivity contribution in [2.45, 2.75) is 32.2 Å². The Morgan fingerprint density at radius 3 is 2.83 bits per heavy atom. The molecular formula is C16H23ClN6. The predicted octanol–water partition coefficient (Wildman–Crippen LogP) is 2.15. The molecule has 0 spiro atoms. The van der Waals surface area contributed by atoms with Gasteiger partial charge in [-0.1, -0.05) is 17.7 Å². The van der Waals surface area contributed by atoms with Crippen LogP contribution in [0.3, 0.4) is 0 Å². The fourth-order valence-electron chi connectivity index (χ4n) is 2.94. The van der Waals surface area contributed by atoms with E-state index in [1.807, 2.05) is 6.92 Å². The second-order valence-electron chi connectivity index (χ2n) is 6.04.